The number of nitrogens with zero attached hydrogens (tertiary/aromatic N) is 1. The van der Waals surface area contributed by atoms with Crippen LogP contribution in [0, 0.1) is 5.92 Å². The highest BCUT2D eigenvalue weighted by Gasteiger charge is 2.25. The van der Waals surface area contributed by atoms with Gasteiger partial charge < -0.3 is 10.0 Å². The summed E-state index contributed by atoms with van der Waals surface area (Å²) in [5, 5.41) is 9.58. The summed E-state index contributed by atoms with van der Waals surface area (Å²) in [6.45, 7) is 5.65. The van der Waals surface area contributed by atoms with E-state index in [0.29, 0.717) is 6.42 Å². The van der Waals surface area contributed by atoms with Gasteiger partial charge in [-0.3, -0.25) is 4.79 Å². The maximum absolute atomic E-state index is 12.0. The van der Waals surface area contributed by atoms with Gasteiger partial charge in [-0.05, 0) is 26.2 Å². The molecule has 0 spiro atoms. The van der Waals surface area contributed by atoms with E-state index in [1.54, 1.807) is 0 Å². The van der Waals surface area contributed by atoms with E-state index in [4.69, 9.17) is 0 Å². The van der Waals surface area contributed by atoms with Gasteiger partial charge in [0.2, 0.25) is 5.91 Å². The van der Waals surface area contributed by atoms with Gasteiger partial charge in [0.05, 0.1) is 6.10 Å². The van der Waals surface area contributed by atoms with E-state index >= 15 is 0 Å². The number of carbonyl (C=O) groups is 1. The molecule has 1 aliphatic heterocycles. The van der Waals surface area contributed by atoms with E-state index in [9.17, 15) is 9.90 Å². The summed E-state index contributed by atoms with van der Waals surface area (Å²) in [5.74, 6) is 0.565. The third kappa shape index (κ3) is 5.07. The van der Waals surface area contributed by atoms with Crippen molar-refractivity contribution >= 4 is 5.91 Å². The lowest BCUT2D eigenvalue weighted by Gasteiger charge is -2.34. The molecule has 0 aromatic carbocycles. The molecule has 17 heavy (non-hydrogen) atoms. The van der Waals surface area contributed by atoms with Gasteiger partial charge in [-0.15, -0.1) is 0 Å². The molecule has 1 aliphatic rings. The Labute approximate surface area is 105 Å². The van der Waals surface area contributed by atoms with Gasteiger partial charge in [-0.1, -0.05) is 26.2 Å². The zero-order chi connectivity index (χ0) is 12.7. The molecule has 1 heterocycles. The Hall–Kier alpha value is -0.570. The fourth-order valence-electron chi connectivity index (χ4n) is 2.49. The lowest BCUT2D eigenvalue weighted by Crippen LogP contribution is -2.42. The van der Waals surface area contributed by atoms with Crippen LogP contribution in [0.2, 0.25) is 0 Å². The van der Waals surface area contributed by atoms with Crippen LogP contribution in [0.5, 0.6) is 0 Å². The van der Waals surface area contributed by atoms with Crippen molar-refractivity contribution in [3.8, 4) is 0 Å². The Morgan fingerprint density at radius 3 is 2.82 bits per heavy atom. The van der Waals surface area contributed by atoms with Gasteiger partial charge >= 0.3 is 0 Å². The maximum Gasteiger partial charge on any atom is 0.222 e. The topological polar surface area (TPSA) is 40.5 Å². The van der Waals surface area contributed by atoms with Crippen molar-refractivity contribution in [2.45, 2.75) is 64.9 Å². The molecule has 0 aromatic heterocycles. The first-order valence-corrected chi connectivity index (χ1v) is 7.11. The van der Waals surface area contributed by atoms with Gasteiger partial charge in [0.25, 0.3) is 0 Å². The first-order valence-electron chi connectivity index (χ1n) is 7.11. The van der Waals surface area contributed by atoms with Crippen molar-refractivity contribution in [2.24, 2.45) is 5.92 Å². The van der Waals surface area contributed by atoms with Gasteiger partial charge in [-0.2, -0.15) is 0 Å². The number of rotatable bonds is 6. The smallest absolute Gasteiger partial charge is 0.222 e. The number of carbonyl (C=O) groups excluding carboxylic acids is 1. The molecular formula is C14H27NO2. The lowest BCUT2D eigenvalue weighted by molar-refractivity contribution is -0.133. The van der Waals surface area contributed by atoms with E-state index in [1.165, 1.54) is 12.8 Å². The zero-order valence-corrected chi connectivity index (χ0v) is 11.3. The molecule has 0 bridgehead atoms. The summed E-state index contributed by atoms with van der Waals surface area (Å²) in [4.78, 5) is 13.9. The van der Waals surface area contributed by atoms with Gasteiger partial charge in [0, 0.05) is 25.4 Å². The second kappa shape index (κ2) is 7.70. The van der Waals surface area contributed by atoms with Crippen LogP contribution in [0.15, 0.2) is 0 Å². The van der Waals surface area contributed by atoms with Crippen molar-refractivity contribution < 1.29 is 9.90 Å². The molecule has 0 aliphatic carbocycles. The molecule has 0 aromatic rings. The fourth-order valence-corrected chi connectivity index (χ4v) is 2.49. The molecule has 0 saturated carbocycles. The molecule has 1 N–H and O–H groups in total. The third-order valence-electron chi connectivity index (χ3n) is 3.74. The van der Waals surface area contributed by atoms with Crippen LogP contribution < -0.4 is 0 Å². The minimum absolute atomic E-state index is 0.281. The Bertz CT molecular complexity index is 228. The third-order valence-corrected chi connectivity index (χ3v) is 3.74. The van der Waals surface area contributed by atoms with E-state index in [1.807, 2.05) is 11.8 Å². The monoisotopic (exact) mass is 241 g/mol. The Morgan fingerprint density at radius 2 is 2.18 bits per heavy atom. The summed E-state index contributed by atoms with van der Waals surface area (Å²) in [6.07, 6.45) is 7.11. The predicted octanol–water partition coefficient (Wildman–Crippen LogP) is 2.58. The number of aliphatic hydroxyl groups excluding tert-OH is 1. The molecule has 1 fully saturated rings. The van der Waals surface area contributed by atoms with E-state index in [2.05, 4.69) is 6.92 Å². The number of hydrogen-bond acceptors (Lipinski definition) is 2. The Balaban J connectivity index is 2.26. The highest BCUT2D eigenvalue weighted by Crippen LogP contribution is 2.20. The second-order valence-electron chi connectivity index (χ2n) is 5.29. The predicted molar refractivity (Wildman–Crippen MR) is 69.7 cm³/mol. The first kappa shape index (κ1) is 14.5. The van der Waals surface area contributed by atoms with Crippen LogP contribution in [0.4, 0.5) is 0 Å². The number of unbranched alkanes of at least 4 members (excludes halogenated alkanes) is 3. The number of hydrogen-bond donors (Lipinski definition) is 1. The van der Waals surface area contributed by atoms with Crippen LogP contribution in [0.3, 0.4) is 0 Å². The van der Waals surface area contributed by atoms with E-state index in [-0.39, 0.29) is 17.9 Å². The molecule has 2 unspecified atom stereocenters. The summed E-state index contributed by atoms with van der Waals surface area (Å²) >= 11 is 0. The molecule has 100 valence electrons. The zero-order valence-electron chi connectivity index (χ0n) is 11.3. The summed E-state index contributed by atoms with van der Waals surface area (Å²) in [7, 11) is 0. The number of piperidine rings is 1. The molecule has 1 amide bonds. The maximum atomic E-state index is 12.0. The minimum Gasteiger partial charge on any atom is -0.393 e. The van der Waals surface area contributed by atoms with Crippen molar-refractivity contribution in [3.63, 3.8) is 0 Å². The van der Waals surface area contributed by atoms with Crippen molar-refractivity contribution in [1.29, 1.82) is 0 Å². The summed E-state index contributed by atoms with van der Waals surface area (Å²) < 4.78 is 0. The highest BCUT2D eigenvalue weighted by molar-refractivity contribution is 5.76. The van der Waals surface area contributed by atoms with Crippen molar-refractivity contribution in [2.75, 3.05) is 13.1 Å². The van der Waals surface area contributed by atoms with Gasteiger partial charge in [0.1, 0.15) is 0 Å². The standard InChI is InChI=1S/C14H27NO2/c1-3-4-5-6-9-14(17)15-10-7-8-13(11-15)12(2)16/h12-13,16H,3-11H2,1-2H3. The van der Waals surface area contributed by atoms with E-state index < -0.39 is 0 Å². The van der Waals surface area contributed by atoms with Gasteiger partial charge in [-0.25, -0.2) is 0 Å². The van der Waals surface area contributed by atoms with Crippen LogP contribution in [-0.2, 0) is 4.79 Å². The first-order chi connectivity index (χ1) is 8.15. The minimum atomic E-state index is -0.286. The normalized spacial score (nSPS) is 22.5. The Morgan fingerprint density at radius 1 is 1.41 bits per heavy atom. The molecule has 1 saturated heterocycles. The van der Waals surface area contributed by atoms with Crippen LogP contribution >= 0.6 is 0 Å². The largest absolute Gasteiger partial charge is 0.393 e. The number of amides is 1. The SMILES string of the molecule is CCCCCCC(=O)N1CCCC(C(C)O)C1. The number of aliphatic hydroxyl groups is 1. The fraction of sp³-hybridized carbons (Fsp3) is 0.929. The van der Waals surface area contributed by atoms with Crippen molar-refractivity contribution in [3.05, 3.63) is 0 Å². The van der Waals surface area contributed by atoms with E-state index in [0.717, 1.165) is 38.8 Å². The number of likely N-dealkylation sites (tertiary alicyclic amines) is 1. The Kier molecular flexibility index (Phi) is 6.56. The average molecular weight is 241 g/mol. The summed E-state index contributed by atoms with van der Waals surface area (Å²) in [5.41, 5.74) is 0. The van der Waals surface area contributed by atoms with Crippen LogP contribution in [-0.4, -0.2) is 35.1 Å². The molecule has 2 atom stereocenters. The highest BCUT2D eigenvalue weighted by atomic mass is 16.3. The molecule has 1 rings (SSSR count). The quantitative estimate of drug-likeness (QED) is 0.726. The second-order valence-corrected chi connectivity index (χ2v) is 5.29. The molecule has 3 heteroatoms. The summed E-state index contributed by atoms with van der Waals surface area (Å²) in [6, 6.07) is 0. The van der Waals surface area contributed by atoms with Crippen LogP contribution in [0.25, 0.3) is 0 Å². The van der Waals surface area contributed by atoms with Gasteiger partial charge in [0.15, 0.2) is 0 Å². The molecular weight excluding hydrogens is 214 g/mol. The van der Waals surface area contributed by atoms with Crippen LogP contribution in [0.1, 0.15) is 58.8 Å². The average Bonchev–Trinajstić information content (AvgIpc) is 2.34. The van der Waals surface area contributed by atoms with Crippen molar-refractivity contribution in [1.82, 2.24) is 4.90 Å². The molecule has 0 radical (unpaired) electrons. The lowest BCUT2D eigenvalue weighted by atomic mass is 9.93. The molecule has 3 nitrogen and oxygen atoms in total.